The smallest absolute Gasteiger partial charge is 0.169 e. The molecule has 2 aliphatic carbocycles. The number of rotatable bonds is 2. The molecule has 4 nitrogen and oxygen atoms in total. The number of Topliss-reactive ketones (excluding diaryl/α,β-unsaturated/α-hetero) is 2. The van der Waals surface area contributed by atoms with Gasteiger partial charge in [-0.2, -0.15) is 0 Å². The van der Waals surface area contributed by atoms with Crippen molar-refractivity contribution in [2.75, 3.05) is 6.54 Å². The van der Waals surface area contributed by atoms with Gasteiger partial charge in [-0.1, -0.05) is 27.7 Å². The van der Waals surface area contributed by atoms with E-state index in [2.05, 4.69) is 55.4 Å². The lowest BCUT2D eigenvalue weighted by Crippen LogP contribution is -2.44. The lowest BCUT2D eigenvalue weighted by atomic mass is 9.64. The van der Waals surface area contributed by atoms with Crippen LogP contribution in [0.25, 0.3) is 0 Å². The topological polar surface area (TPSA) is 50.5 Å². The van der Waals surface area contributed by atoms with Gasteiger partial charge in [-0.25, -0.2) is 0 Å². The number of allylic oxidation sites excluding steroid dienone is 4. The largest absolute Gasteiger partial charge is 0.453 e. The number of hydrogen-bond acceptors (Lipinski definition) is 4. The lowest BCUT2D eigenvalue weighted by Gasteiger charge is -2.48. The SMILES string of the molecule is CCN1C2=C(C(=O)CC(C)(C)C2)C(c2ccc(Br)o2)C2=C1CC(C)(C)CC2=O. The van der Waals surface area contributed by atoms with Gasteiger partial charge in [0.05, 0.1) is 5.92 Å². The number of hydrogen-bond donors (Lipinski definition) is 0. The van der Waals surface area contributed by atoms with E-state index in [1.165, 1.54) is 0 Å². The number of ketones is 2. The van der Waals surface area contributed by atoms with Crippen molar-refractivity contribution in [3.05, 3.63) is 45.1 Å². The van der Waals surface area contributed by atoms with Crippen LogP contribution in [0.3, 0.4) is 0 Å². The lowest BCUT2D eigenvalue weighted by molar-refractivity contribution is -0.119. The van der Waals surface area contributed by atoms with Crippen LogP contribution in [-0.4, -0.2) is 23.0 Å². The summed E-state index contributed by atoms with van der Waals surface area (Å²) in [7, 11) is 0. The molecule has 4 rings (SSSR count). The third-order valence-electron chi connectivity index (χ3n) is 6.22. The molecule has 1 aromatic rings. The third-order valence-corrected chi connectivity index (χ3v) is 6.64. The van der Waals surface area contributed by atoms with Gasteiger partial charge in [-0.15, -0.1) is 0 Å². The zero-order chi connectivity index (χ0) is 20.4. The van der Waals surface area contributed by atoms with Gasteiger partial charge in [-0.3, -0.25) is 9.59 Å². The minimum absolute atomic E-state index is 0.0795. The van der Waals surface area contributed by atoms with Crippen molar-refractivity contribution >= 4 is 27.5 Å². The number of carbonyl (C=O) groups is 2. The number of halogens is 1. The fourth-order valence-electron chi connectivity index (χ4n) is 5.20. The molecule has 0 atom stereocenters. The summed E-state index contributed by atoms with van der Waals surface area (Å²) in [4.78, 5) is 28.9. The van der Waals surface area contributed by atoms with Crippen LogP contribution >= 0.6 is 15.9 Å². The van der Waals surface area contributed by atoms with Gasteiger partial charge in [0.15, 0.2) is 16.2 Å². The summed E-state index contributed by atoms with van der Waals surface area (Å²) in [6.07, 6.45) is 2.69. The van der Waals surface area contributed by atoms with Crippen LogP contribution < -0.4 is 0 Å². The Morgan fingerprint density at radius 3 is 1.86 bits per heavy atom. The van der Waals surface area contributed by atoms with Gasteiger partial charge in [-0.05, 0) is 58.7 Å². The molecule has 0 radical (unpaired) electrons. The van der Waals surface area contributed by atoms with Gasteiger partial charge in [0, 0.05) is 41.9 Å². The quantitative estimate of drug-likeness (QED) is 0.581. The van der Waals surface area contributed by atoms with Gasteiger partial charge in [0.1, 0.15) is 5.76 Å². The molecule has 0 aromatic carbocycles. The molecule has 0 spiro atoms. The molecule has 0 fully saturated rings. The van der Waals surface area contributed by atoms with Gasteiger partial charge in [0.2, 0.25) is 0 Å². The molecule has 0 saturated carbocycles. The van der Waals surface area contributed by atoms with Crippen molar-refractivity contribution in [1.82, 2.24) is 4.90 Å². The second kappa shape index (κ2) is 6.45. The molecule has 150 valence electrons. The van der Waals surface area contributed by atoms with E-state index in [-0.39, 0.29) is 28.3 Å². The second-order valence-corrected chi connectivity index (χ2v) is 10.7. The first-order valence-electron chi connectivity index (χ1n) is 10.1. The first-order valence-corrected chi connectivity index (χ1v) is 10.9. The molecule has 1 aromatic heterocycles. The highest BCUT2D eigenvalue weighted by Crippen LogP contribution is 2.54. The summed E-state index contributed by atoms with van der Waals surface area (Å²) in [5.41, 5.74) is 3.56. The Balaban J connectivity index is 1.98. The van der Waals surface area contributed by atoms with Crippen LogP contribution in [0.5, 0.6) is 0 Å². The molecule has 0 bridgehead atoms. The zero-order valence-corrected chi connectivity index (χ0v) is 18.9. The minimum Gasteiger partial charge on any atom is -0.453 e. The Bertz CT molecular complexity index is 877. The Labute approximate surface area is 175 Å². The number of furan rings is 1. The molecule has 0 saturated heterocycles. The fourth-order valence-corrected chi connectivity index (χ4v) is 5.52. The summed E-state index contributed by atoms with van der Waals surface area (Å²) in [5.74, 6) is 0.591. The van der Waals surface area contributed by atoms with Gasteiger partial charge >= 0.3 is 0 Å². The Morgan fingerprint density at radius 2 is 1.46 bits per heavy atom. The third kappa shape index (κ3) is 3.12. The second-order valence-electron chi connectivity index (χ2n) is 9.92. The molecule has 1 aliphatic heterocycles. The van der Waals surface area contributed by atoms with E-state index in [0.29, 0.717) is 23.3 Å². The van der Waals surface area contributed by atoms with E-state index in [1.54, 1.807) is 0 Å². The summed E-state index contributed by atoms with van der Waals surface area (Å²) in [6, 6.07) is 3.74. The van der Waals surface area contributed by atoms with Crippen molar-refractivity contribution in [1.29, 1.82) is 0 Å². The average Bonchev–Trinajstić information content (AvgIpc) is 2.97. The maximum Gasteiger partial charge on any atom is 0.169 e. The van der Waals surface area contributed by atoms with Crippen LogP contribution in [-0.2, 0) is 9.59 Å². The summed E-state index contributed by atoms with van der Waals surface area (Å²) >= 11 is 3.39. The molecular weight excluding hydrogens is 418 g/mol. The Hall–Kier alpha value is -1.62. The van der Waals surface area contributed by atoms with E-state index in [9.17, 15) is 9.59 Å². The zero-order valence-electron chi connectivity index (χ0n) is 17.3. The van der Waals surface area contributed by atoms with E-state index in [0.717, 1.165) is 41.9 Å². The predicted molar refractivity (Wildman–Crippen MR) is 112 cm³/mol. The summed E-state index contributed by atoms with van der Waals surface area (Å²) in [5, 5.41) is 0. The van der Waals surface area contributed by atoms with E-state index < -0.39 is 0 Å². The molecular formula is C23H28BrNO3. The van der Waals surface area contributed by atoms with Gasteiger partial charge in [0.25, 0.3) is 0 Å². The van der Waals surface area contributed by atoms with Crippen LogP contribution in [0.4, 0.5) is 0 Å². The molecule has 28 heavy (non-hydrogen) atoms. The maximum atomic E-state index is 13.3. The predicted octanol–water partition coefficient (Wildman–Crippen LogP) is 5.75. The summed E-state index contributed by atoms with van der Waals surface area (Å²) in [6.45, 7) is 11.5. The van der Waals surface area contributed by atoms with Gasteiger partial charge < -0.3 is 9.32 Å². The van der Waals surface area contributed by atoms with Crippen LogP contribution in [0, 0.1) is 10.8 Å². The minimum atomic E-state index is -0.383. The molecule has 0 N–H and O–H groups in total. The maximum absolute atomic E-state index is 13.3. The summed E-state index contributed by atoms with van der Waals surface area (Å²) < 4.78 is 6.54. The van der Waals surface area contributed by atoms with Crippen molar-refractivity contribution in [3.8, 4) is 0 Å². The monoisotopic (exact) mass is 445 g/mol. The van der Waals surface area contributed by atoms with Crippen LogP contribution in [0.2, 0.25) is 0 Å². The highest BCUT2D eigenvalue weighted by Gasteiger charge is 2.49. The molecule has 0 unspecified atom stereocenters. The highest BCUT2D eigenvalue weighted by molar-refractivity contribution is 9.10. The number of carbonyl (C=O) groups excluding carboxylic acids is 2. The molecule has 2 heterocycles. The highest BCUT2D eigenvalue weighted by atomic mass is 79.9. The van der Waals surface area contributed by atoms with Crippen LogP contribution in [0.1, 0.15) is 72.0 Å². The van der Waals surface area contributed by atoms with Crippen molar-refractivity contribution < 1.29 is 14.0 Å². The normalized spacial score (nSPS) is 24.6. The Kier molecular flexibility index (Phi) is 4.53. The van der Waals surface area contributed by atoms with Crippen molar-refractivity contribution in [2.45, 2.75) is 66.2 Å². The van der Waals surface area contributed by atoms with E-state index in [4.69, 9.17) is 4.42 Å². The molecule has 0 amide bonds. The fraction of sp³-hybridized carbons (Fsp3) is 0.565. The standard InChI is InChI=1S/C23H28BrNO3/c1-6-25-13-9-22(2,3)11-15(26)19(13)21(17-7-8-18(24)28-17)20-14(25)10-23(4,5)12-16(20)27/h7-8,21H,6,9-12H2,1-5H3. The molecule has 3 aliphatic rings. The first-order chi connectivity index (χ1) is 13.0. The van der Waals surface area contributed by atoms with Crippen molar-refractivity contribution in [3.63, 3.8) is 0 Å². The van der Waals surface area contributed by atoms with Crippen LogP contribution in [0.15, 0.2) is 43.8 Å². The van der Waals surface area contributed by atoms with Crippen molar-refractivity contribution in [2.24, 2.45) is 10.8 Å². The van der Waals surface area contributed by atoms with E-state index in [1.807, 2.05) is 12.1 Å². The Morgan fingerprint density at radius 1 is 0.964 bits per heavy atom. The number of nitrogens with zero attached hydrogens (tertiary/aromatic N) is 1. The molecule has 5 heteroatoms. The first kappa shape index (κ1) is 19.7. The van der Waals surface area contributed by atoms with E-state index >= 15 is 0 Å². The average molecular weight is 446 g/mol.